The Labute approximate surface area is 158 Å². The van der Waals surface area contributed by atoms with Crippen LogP contribution in [-0.2, 0) is 6.18 Å². The molecule has 0 radical (unpaired) electrons. The van der Waals surface area contributed by atoms with Gasteiger partial charge in [0.1, 0.15) is 5.82 Å². The number of hydrogen-bond acceptors (Lipinski definition) is 5. The molecule has 28 heavy (non-hydrogen) atoms. The fourth-order valence-electron chi connectivity index (χ4n) is 2.47. The third-order valence-corrected chi connectivity index (χ3v) is 4.01. The first kappa shape index (κ1) is 19.3. The smallest absolute Gasteiger partial charge is 0.363 e. The van der Waals surface area contributed by atoms with E-state index in [4.69, 9.17) is 0 Å². The van der Waals surface area contributed by atoms with Gasteiger partial charge in [-0.2, -0.15) is 18.3 Å². The Morgan fingerprint density at radius 1 is 1.07 bits per heavy atom. The fraction of sp³-hybridized carbons (Fsp3) is 0.222. The van der Waals surface area contributed by atoms with Crippen molar-refractivity contribution in [1.29, 1.82) is 0 Å². The summed E-state index contributed by atoms with van der Waals surface area (Å²) in [4.78, 5) is 22.4. The normalized spacial score (nSPS) is 11.4. The van der Waals surface area contributed by atoms with Crippen LogP contribution in [-0.4, -0.2) is 39.8 Å². The van der Waals surface area contributed by atoms with Crippen LogP contribution in [0.5, 0.6) is 0 Å². The van der Waals surface area contributed by atoms with Crippen molar-refractivity contribution in [1.82, 2.24) is 19.7 Å². The van der Waals surface area contributed by atoms with Gasteiger partial charge in [0.05, 0.1) is 34.9 Å². The molecular formula is C18H17F3N6O. The van der Waals surface area contributed by atoms with Crippen molar-refractivity contribution in [2.24, 2.45) is 0 Å². The number of aromatic nitrogens is 4. The van der Waals surface area contributed by atoms with Crippen LogP contribution in [0.3, 0.4) is 0 Å². The van der Waals surface area contributed by atoms with Crippen molar-refractivity contribution in [3.63, 3.8) is 0 Å². The monoisotopic (exact) mass is 390 g/mol. The highest BCUT2D eigenvalue weighted by molar-refractivity contribution is 6.04. The first-order chi connectivity index (χ1) is 13.2. The van der Waals surface area contributed by atoms with Gasteiger partial charge in [-0.15, -0.1) is 0 Å². The van der Waals surface area contributed by atoms with E-state index in [-0.39, 0.29) is 11.4 Å². The third-order valence-electron chi connectivity index (χ3n) is 4.01. The Hall–Kier alpha value is -3.43. The number of alkyl halides is 3. The molecule has 10 heteroatoms. The van der Waals surface area contributed by atoms with E-state index >= 15 is 0 Å². The van der Waals surface area contributed by atoms with Gasteiger partial charge in [-0.1, -0.05) is 0 Å². The van der Waals surface area contributed by atoms with Crippen molar-refractivity contribution >= 4 is 17.4 Å². The van der Waals surface area contributed by atoms with Gasteiger partial charge in [-0.25, -0.2) is 14.6 Å². The van der Waals surface area contributed by atoms with Gasteiger partial charge in [-0.3, -0.25) is 4.79 Å². The zero-order valence-corrected chi connectivity index (χ0v) is 15.3. The minimum Gasteiger partial charge on any atom is -0.363 e. The van der Waals surface area contributed by atoms with Gasteiger partial charge in [0.25, 0.3) is 5.91 Å². The van der Waals surface area contributed by atoms with E-state index in [0.29, 0.717) is 11.4 Å². The maximum Gasteiger partial charge on any atom is 0.417 e. The molecule has 0 unspecified atom stereocenters. The van der Waals surface area contributed by atoms with Crippen LogP contribution < -0.4 is 10.2 Å². The molecule has 3 aromatic rings. The number of halogens is 3. The van der Waals surface area contributed by atoms with Crippen molar-refractivity contribution < 1.29 is 18.0 Å². The van der Waals surface area contributed by atoms with Crippen LogP contribution in [0.1, 0.15) is 21.6 Å². The summed E-state index contributed by atoms with van der Waals surface area (Å²) >= 11 is 0. The van der Waals surface area contributed by atoms with Crippen LogP contribution in [0.2, 0.25) is 0 Å². The maximum atomic E-state index is 12.7. The molecule has 0 aliphatic carbocycles. The van der Waals surface area contributed by atoms with Crippen LogP contribution in [0.15, 0.2) is 42.9 Å². The fourth-order valence-corrected chi connectivity index (χ4v) is 2.47. The van der Waals surface area contributed by atoms with E-state index in [1.54, 1.807) is 19.1 Å². The minimum absolute atomic E-state index is 0.182. The molecule has 0 aromatic carbocycles. The highest BCUT2D eigenvalue weighted by Crippen LogP contribution is 2.28. The molecule has 0 saturated heterocycles. The molecule has 1 N–H and O–H groups in total. The van der Waals surface area contributed by atoms with Gasteiger partial charge in [0.15, 0.2) is 5.82 Å². The highest BCUT2D eigenvalue weighted by atomic mass is 19.4. The number of nitrogens with zero attached hydrogens (tertiary/aromatic N) is 5. The Morgan fingerprint density at radius 2 is 1.82 bits per heavy atom. The zero-order valence-electron chi connectivity index (χ0n) is 15.3. The van der Waals surface area contributed by atoms with E-state index in [9.17, 15) is 18.0 Å². The molecule has 0 spiro atoms. The van der Waals surface area contributed by atoms with Crippen molar-refractivity contribution in [2.75, 3.05) is 24.3 Å². The number of carbonyl (C=O) groups is 1. The molecule has 3 rings (SSSR count). The maximum absolute atomic E-state index is 12.7. The van der Waals surface area contributed by atoms with Gasteiger partial charge in [0.2, 0.25) is 0 Å². The summed E-state index contributed by atoms with van der Waals surface area (Å²) in [5.41, 5.74) is 0.379. The second kappa shape index (κ2) is 7.29. The van der Waals surface area contributed by atoms with Crippen LogP contribution in [0, 0.1) is 6.92 Å². The van der Waals surface area contributed by atoms with Crippen molar-refractivity contribution in [3.8, 4) is 5.82 Å². The largest absolute Gasteiger partial charge is 0.417 e. The Balaban J connectivity index is 1.79. The standard InChI is InChI=1S/C18H17F3N6O/c1-11-14(17(28)25-13-5-7-15(23-9-13)26(2)3)10-24-27(11)16-6-4-12(8-22-16)18(19,20)21/h4-10H,1-3H3,(H,25,28). The average molecular weight is 390 g/mol. The minimum atomic E-state index is -4.47. The summed E-state index contributed by atoms with van der Waals surface area (Å²) in [7, 11) is 3.71. The topological polar surface area (TPSA) is 75.9 Å². The molecule has 0 saturated carbocycles. The van der Waals surface area contributed by atoms with Gasteiger partial charge in [0, 0.05) is 20.3 Å². The van der Waals surface area contributed by atoms with Crippen molar-refractivity contribution in [2.45, 2.75) is 13.1 Å². The Kier molecular flexibility index (Phi) is 5.04. The van der Waals surface area contributed by atoms with Crippen LogP contribution in [0.25, 0.3) is 5.82 Å². The Bertz CT molecular complexity index is 978. The number of carbonyl (C=O) groups excluding carboxylic acids is 1. The first-order valence-corrected chi connectivity index (χ1v) is 8.20. The van der Waals surface area contributed by atoms with E-state index < -0.39 is 17.6 Å². The zero-order chi connectivity index (χ0) is 20.5. The number of anilines is 2. The van der Waals surface area contributed by atoms with Gasteiger partial charge in [-0.05, 0) is 31.2 Å². The van der Waals surface area contributed by atoms with E-state index in [1.165, 1.54) is 23.1 Å². The van der Waals surface area contributed by atoms with Crippen LogP contribution in [0.4, 0.5) is 24.7 Å². The number of hydrogen-bond donors (Lipinski definition) is 1. The summed E-state index contributed by atoms with van der Waals surface area (Å²) in [5.74, 6) is 0.520. The summed E-state index contributed by atoms with van der Waals surface area (Å²) in [5, 5.41) is 6.78. The third kappa shape index (κ3) is 3.95. The molecule has 3 aromatic heterocycles. The van der Waals surface area contributed by atoms with Crippen molar-refractivity contribution in [3.05, 3.63) is 59.7 Å². The molecule has 146 valence electrons. The lowest BCUT2D eigenvalue weighted by molar-refractivity contribution is -0.137. The number of rotatable bonds is 4. The second-order valence-corrected chi connectivity index (χ2v) is 6.21. The number of nitrogens with one attached hydrogen (secondary N) is 1. The average Bonchev–Trinajstić information content (AvgIpc) is 3.03. The summed E-state index contributed by atoms with van der Waals surface area (Å²) in [6, 6.07) is 5.60. The lowest BCUT2D eigenvalue weighted by Crippen LogP contribution is -2.14. The molecule has 1 amide bonds. The summed E-state index contributed by atoms with van der Waals surface area (Å²) in [6.07, 6.45) is -0.865. The van der Waals surface area contributed by atoms with E-state index in [0.717, 1.165) is 18.1 Å². The SMILES string of the molecule is Cc1c(C(=O)Nc2ccc(N(C)C)nc2)cnn1-c1ccc(C(F)(F)F)cn1. The highest BCUT2D eigenvalue weighted by Gasteiger charge is 2.30. The molecule has 3 heterocycles. The lowest BCUT2D eigenvalue weighted by atomic mass is 10.2. The first-order valence-electron chi connectivity index (χ1n) is 8.20. The number of pyridine rings is 2. The predicted molar refractivity (Wildman–Crippen MR) is 97.6 cm³/mol. The molecule has 0 bridgehead atoms. The quantitative estimate of drug-likeness (QED) is 0.740. The summed E-state index contributed by atoms with van der Waals surface area (Å²) in [6.45, 7) is 1.63. The van der Waals surface area contributed by atoms with Gasteiger partial charge < -0.3 is 10.2 Å². The predicted octanol–water partition coefficient (Wildman–Crippen LogP) is 3.31. The summed E-state index contributed by atoms with van der Waals surface area (Å²) < 4.78 is 39.3. The lowest BCUT2D eigenvalue weighted by Gasteiger charge is -2.11. The second-order valence-electron chi connectivity index (χ2n) is 6.21. The van der Waals surface area contributed by atoms with Crippen LogP contribution >= 0.6 is 0 Å². The van der Waals surface area contributed by atoms with Gasteiger partial charge >= 0.3 is 6.18 Å². The molecule has 0 fully saturated rings. The Morgan fingerprint density at radius 3 is 2.36 bits per heavy atom. The van der Waals surface area contributed by atoms with E-state index in [2.05, 4.69) is 20.4 Å². The molecule has 0 aliphatic rings. The molecule has 0 aliphatic heterocycles. The van der Waals surface area contributed by atoms with E-state index in [1.807, 2.05) is 19.0 Å². The molecule has 7 nitrogen and oxygen atoms in total. The number of amides is 1. The molecular weight excluding hydrogens is 373 g/mol. The molecule has 0 atom stereocenters.